The molecule has 0 aliphatic carbocycles. The van der Waals surface area contributed by atoms with Gasteiger partial charge in [0, 0.05) is 12.6 Å². The summed E-state index contributed by atoms with van der Waals surface area (Å²) >= 11 is 0. The van der Waals surface area contributed by atoms with Crippen LogP contribution in [-0.2, 0) is 9.59 Å². The number of carbonyl (C=O) groups excluding carboxylic acids is 2. The molecule has 0 aromatic rings. The smallest absolute Gasteiger partial charge is 0.277 e. The van der Waals surface area contributed by atoms with E-state index < -0.39 is 5.91 Å². The summed E-state index contributed by atoms with van der Waals surface area (Å²) in [5.74, 6) is -0.697. The van der Waals surface area contributed by atoms with Gasteiger partial charge in [-0.1, -0.05) is 25.3 Å². The third-order valence-corrected chi connectivity index (χ3v) is 1.39. The van der Waals surface area contributed by atoms with Gasteiger partial charge in [0.2, 0.25) is 0 Å². The quantitative estimate of drug-likeness (QED) is 0.228. The van der Waals surface area contributed by atoms with Crippen LogP contribution in [0.3, 0.4) is 0 Å². The highest BCUT2D eigenvalue weighted by molar-refractivity contribution is 6.01. The lowest BCUT2D eigenvalue weighted by Crippen LogP contribution is -2.24. The molecule has 4 nitrogen and oxygen atoms in total. The van der Waals surface area contributed by atoms with Crippen molar-refractivity contribution in [3.05, 3.63) is 36.5 Å². The third-order valence-electron chi connectivity index (χ3n) is 1.39. The number of amides is 1. The van der Waals surface area contributed by atoms with Crippen LogP contribution in [-0.4, -0.2) is 29.5 Å². The fourth-order valence-corrected chi connectivity index (χ4v) is 0.725. The van der Waals surface area contributed by atoms with Crippen LogP contribution in [0.25, 0.3) is 0 Å². The van der Waals surface area contributed by atoms with Crippen molar-refractivity contribution >= 4 is 12.2 Å². The third kappa shape index (κ3) is 2.68. The Balaban J connectivity index is 5.19. The van der Waals surface area contributed by atoms with E-state index in [-0.39, 0.29) is 11.1 Å². The van der Waals surface area contributed by atoms with Crippen molar-refractivity contribution in [2.75, 3.05) is 7.05 Å². The lowest BCUT2D eigenvalue weighted by Gasteiger charge is -2.09. The lowest BCUT2D eigenvalue weighted by atomic mass is 10.1. The highest BCUT2D eigenvalue weighted by Gasteiger charge is 2.13. The highest BCUT2D eigenvalue weighted by atomic mass is 16.5. The number of nitrogens with zero attached hydrogens (tertiary/aromatic N) is 1. The van der Waals surface area contributed by atoms with Crippen LogP contribution in [0.15, 0.2) is 36.5 Å². The number of likely N-dealkylation sites (N-methyl/N-ethyl adjacent to an activating group) is 1. The number of aldehydes is 1. The van der Waals surface area contributed by atoms with E-state index in [1.807, 2.05) is 0 Å². The molecule has 0 bridgehead atoms. The van der Waals surface area contributed by atoms with Crippen molar-refractivity contribution in [3.63, 3.8) is 0 Å². The molecule has 0 aliphatic rings. The van der Waals surface area contributed by atoms with E-state index >= 15 is 0 Å². The Hall–Kier alpha value is -1.68. The van der Waals surface area contributed by atoms with E-state index in [1.54, 1.807) is 0 Å². The summed E-state index contributed by atoms with van der Waals surface area (Å²) in [6.45, 7) is 6.71. The first-order valence-corrected chi connectivity index (χ1v) is 3.49. The Morgan fingerprint density at radius 1 is 1.38 bits per heavy atom. The molecule has 0 saturated carbocycles. The predicted octanol–water partition coefficient (Wildman–Crippen LogP) is 0.702. The summed E-state index contributed by atoms with van der Waals surface area (Å²) < 4.78 is 0. The van der Waals surface area contributed by atoms with Gasteiger partial charge in [-0.15, -0.1) is 0 Å². The number of rotatable bonds is 4. The summed E-state index contributed by atoms with van der Waals surface area (Å²) in [6, 6.07) is 0. The molecular formula is C9H11NO3. The van der Waals surface area contributed by atoms with Gasteiger partial charge in [-0.05, 0) is 0 Å². The van der Waals surface area contributed by atoms with Crippen molar-refractivity contribution in [1.29, 1.82) is 0 Å². The molecule has 1 N–H and O–H groups in total. The SMILES string of the molecule is C=C/C(C=O)=C(\C=C)C(=O)N(C)O. The fraction of sp³-hybridized carbons (Fsp3) is 0.111. The standard InChI is InChI=1S/C9H11NO3/c1-4-7(6-11)8(5-2)9(12)10(3)13/h4-6,13H,1-2H2,3H3/b8-7-. The Bertz CT molecular complexity index is 267. The number of hydrogen-bond acceptors (Lipinski definition) is 3. The van der Waals surface area contributed by atoms with E-state index in [0.717, 1.165) is 7.05 Å². The van der Waals surface area contributed by atoms with Gasteiger partial charge in [-0.3, -0.25) is 14.8 Å². The van der Waals surface area contributed by atoms with E-state index in [1.165, 1.54) is 12.2 Å². The van der Waals surface area contributed by atoms with Crippen LogP contribution in [0, 0.1) is 0 Å². The molecule has 0 aliphatic heterocycles. The maximum atomic E-state index is 11.2. The first-order chi connectivity index (χ1) is 6.08. The van der Waals surface area contributed by atoms with Crippen LogP contribution < -0.4 is 0 Å². The van der Waals surface area contributed by atoms with Gasteiger partial charge in [-0.25, -0.2) is 5.06 Å². The molecule has 0 aromatic carbocycles. The molecule has 0 atom stereocenters. The molecule has 0 spiro atoms. The zero-order valence-corrected chi connectivity index (χ0v) is 7.36. The summed E-state index contributed by atoms with van der Waals surface area (Å²) in [4.78, 5) is 21.6. The van der Waals surface area contributed by atoms with Crippen molar-refractivity contribution in [3.8, 4) is 0 Å². The van der Waals surface area contributed by atoms with Crippen LogP contribution in [0.5, 0.6) is 0 Å². The van der Waals surface area contributed by atoms with Crippen molar-refractivity contribution in [2.24, 2.45) is 0 Å². The second kappa shape index (κ2) is 5.05. The molecule has 0 rings (SSSR count). The molecule has 0 fully saturated rings. The first-order valence-electron chi connectivity index (χ1n) is 3.49. The predicted molar refractivity (Wildman–Crippen MR) is 48.0 cm³/mol. The highest BCUT2D eigenvalue weighted by Crippen LogP contribution is 2.07. The monoisotopic (exact) mass is 181 g/mol. The van der Waals surface area contributed by atoms with E-state index in [4.69, 9.17) is 5.21 Å². The largest absolute Gasteiger partial charge is 0.298 e. The number of allylic oxidation sites excluding steroid dienone is 2. The molecular weight excluding hydrogens is 170 g/mol. The fourth-order valence-electron chi connectivity index (χ4n) is 0.725. The molecule has 13 heavy (non-hydrogen) atoms. The zero-order chi connectivity index (χ0) is 10.4. The van der Waals surface area contributed by atoms with Gasteiger partial charge in [0.15, 0.2) is 6.29 Å². The molecule has 1 amide bonds. The molecule has 70 valence electrons. The molecule has 0 aromatic heterocycles. The molecule has 0 unspecified atom stereocenters. The van der Waals surface area contributed by atoms with Crippen LogP contribution in [0.2, 0.25) is 0 Å². The summed E-state index contributed by atoms with van der Waals surface area (Å²) in [5, 5.41) is 9.19. The molecule has 0 saturated heterocycles. The second-order valence-electron chi connectivity index (χ2n) is 2.22. The number of hydrogen-bond donors (Lipinski definition) is 1. The van der Waals surface area contributed by atoms with Crippen molar-refractivity contribution in [2.45, 2.75) is 0 Å². The Kier molecular flexibility index (Phi) is 4.40. The van der Waals surface area contributed by atoms with Crippen molar-refractivity contribution < 1.29 is 14.8 Å². The van der Waals surface area contributed by atoms with Gasteiger partial charge in [0.05, 0.1) is 5.57 Å². The minimum absolute atomic E-state index is 0.0231. The Labute approximate surface area is 76.4 Å². The molecule has 4 heteroatoms. The van der Waals surface area contributed by atoms with Crippen LogP contribution in [0.1, 0.15) is 0 Å². The average Bonchev–Trinajstić information content (AvgIpc) is 2.12. The number of carbonyl (C=O) groups is 2. The van der Waals surface area contributed by atoms with Gasteiger partial charge in [0.1, 0.15) is 0 Å². The lowest BCUT2D eigenvalue weighted by molar-refractivity contribution is -0.154. The van der Waals surface area contributed by atoms with E-state index in [9.17, 15) is 9.59 Å². The second-order valence-corrected chi connectivity index (χ2v) is 2.22. The molecule has 0 radical (unpaired) electrons. The zero-order valence-electron chi connectivity index (χ0n) is 7.36. The van der Waals surface area contributed by atoms with Crippen LogP contribution >= 0.6 is 0 Å². The van der Waals surface area contributed by atoms with Crippen LogP contribution in [0.4, 0.5) is 0 Å². The molecule has 0 heterocycles. The van der Waals surface area contributed by atoms with Gasteiger partial charge < -0.3 is 0 Å². The summed E-state index contributed by atoms with van der Waals surface area (Å²) in [5.41, 5.74) is 0.121. The maximum Gasteiger partial charge on any atom is 0.277 e. The van der Waals surface area contributed by atoms with E-state index in [2.05, 4.69) is 13.2 Å². The van der Waals surface area contributed by atoms with Gasteiger partial charge in [-0.2, -0.15) is 0 Å². The topological polar surface area (TPSA) is 57.6 Å². The Morgan fingerprint density at radius 3 is 2.15 bits per heavy atom. The van der Waals surface area contributed by atoms with E-state index in [0.29, 0.717) is 11.3 Å². The van der Waals surface area contributed by atoms with Gasteiger partial charge in [0.25, 0.3) is 5.91 Å². The average molecular weight is 181 g/mol. The summed E-state index contributed by atoms with van der Waals surface area (Å²) in [6.07, 6.45) is 2.90. The maximum absolute atomic E-state index is 11.2. The minimum Gasteiger partial charge on any atom is -0.298 e. The number of hydroxylamine groups is 2. The first kappa shape index (κ1) is 11.3. The van der Waals surface area contributed by atoms with Crippen molar-refractivity contribution in [1.82, 2.24) is 5.06 Å². The minimum atomic E-state index is -0.697. The van der Waals surface area contributed by atoms with Gasteiger partial charge >= 0.3 is 0 Å². The summed E-state index contributed by atoms with van der Waals surface area (Å²) in [7, 11) is 1.16. The normalized spacial score (nSPS) is 11.2. The Morgan fingerprint density at radius 2 is 1.92 bits per heavy atom.